The molecule has 0 unspecified atom stereocenters. The van der Waals surface area contributed by atoms with Gasteiger partial charge in [-0.25, -0.2) is 0 Å². The first-order chi connectivity index (χ1) is 4.22. The molecule has 0 bridgehead atoms. The highest BCUT2D eigenvalue weighted by molar-refractivity contribution is 5.81. The van der Waals surface area contributed by atoms with E-state index in [0.717, 1.165) is 13.0 Å². The molecule has 1 atom stereocenters. The molecule has 1 fully saturated rings. The second-order valence-corrected chi connectivity index (χ2v) is 2.35. The summed E-state index contributed by atoms with van der Waals surface area (Å²) >= 11 is 0. The van der Waals surface area contributed by atoms with Crippen molar-refractivity contribution in [1.29, 1.82) is 0 Å². The summed E-state index contributed by atoms with van der Waals surface area (Å²) in [5, 5.41) is 0. The van der Waals surface area contributed by atoms with Crippen molar-refractivity contribution in [2.45, 2.75) is 12.5 Å². The summed E-state index contributed by atoms with van der Waals surface area (Å²) in [6.07, 6.45) is 2.92. The number of nitrogens with two attached hydrogens (primary N) is 1. The van der Waals surface area contributed by atoms with Crippen molar-refractivity contribution in [3.05, 3.63) is 6.42 Å². The molecular weight excluding hydrogens is 116 g/mol. The fraction of sp³-hybridized carbons (Fsp3) is 0.667. The zero-order valence-corrected chi connectivity index (χ0v) is 5.50. The van der Waals surface area contributed by atoms with Crippen LogP contribution in [0.2, 0.25) is 0 Å². The molecule has 1 aliphatic heterocycles. The van der Waals surface area contributed by atoms with E-state index in [2.05, 4.69) is 0 Å². The zero-order valence-electron chi connectivity index (χ0n) is 5.50. The minimum Gasteiger partial charge on any atom is -0.368 e. The van der Waals surface area contributed by atoms with E-state index in [1.54, 1.807) is 0 Å². The Morgan fingerprint density at radius 2 is 2.56 bits per heavy atom. The number of nitrogens with zero attached hydrogens (tertiary/aromatic N) is 1. The lowest BCUT2D eigenvalue weighted by molar-refractivity contribution is -0.120. The third-order valence-corrected chi connectivity index (χ3v) is 1.64. The van der Waals surface area contributed by atoms with E-state index in [9.17, 15) is 4.79 Å². The molecular formula is C6H11N2O. The quantitative estimate of drug-likeness (QED) is 0.510. The van der Waals surface area contributed by atoms with Crippen molar-refractivity contribution in [3.63, 3.8) is 0 Å². The number of likely N-dealkylation sites (tertiary alicyclic amines) is 1. The topological polar surface area (TPSA) is 46.3 Å². The monoisotopic (exact) mass is 127 g/mol. The van der Waals surface area contributed by atoms with Gasteiger partial charge in [0.2, 0.25) is 5.91 Å². The number of rotatable bonds is 1. The number of hydrogen-bond acceptors (Lipinski definition) is 2. The van der Waals surface area contributed by atoms with Gasteiger partial charge in [0.1, 0.15) is 0 Å². The van der Waals surface area contributed by atoms with Crippen LogP contribution in [-0.4, -0.2) is 30.4 Å². The van der Waals surface area contributed by atoms with Gasteiger partial charge in [0.25, 0.3) is 0 Å². The molecule has 3 nitrogen and oxygen atoms in total. The molecule has 1 saturated heterocycles. The molecule has 9 heavy (non-hydrogen) atoms. The second-order valence-electron chi connectivity index (χ2n) is 2.35. The van der Waals surface area contributed by atoms with Crippen LogP contribution in [0, 0.1) is 6.42 Å². The Balaban J connectivity index is 2.49. The summed E-state index contributed by atoms with van der Waals surface area (Å²) in [5.74, 6) is -0.241. The van der Waals surface area contributed by atoms with Crippen molar-refractivity contribution >= 4 is 5.91 Å². The number of likely N-dealkylation sites (N-methyl/N-ethyl adjacent to an activating group) is 1. The predicted molar refractivity (Wildman–Crippen MR) is 34.5 cm³/mol. The van der Waals surface area contributed by atoms with Crippen LogP contribution in [-0.2, 0) is 4.79 Å². The van der Waals surface area contributed by atoms with Gasteiger partial charge in [0.15, 0.2) is 0 Å². The number of primary amides is 1. The minimum absolute atomic E-state index is 0.120. The lowest BCUT2D eigenvalue weighted by Gasteiger charge is -2.14. The van der Waals surface area contributed by atoms with Gasteiger partial charge in [-0.3, -0.25) is 9.69 Å². The normalized spacial score (nSPS) is 28.8. The van der Waals surface area contributed by atoms with Gasteiger partial charge in [0, 0.05) is 0 Å². The Morgan fingerprint density at radius 3 is 2.78 bits per heavy atom. The van der Waals surface area contributed by atoms with Crippen molar-refractivity contribution in [2.24, 2.45) is 5.73 Å². The van der Waals surface area contributed by atoms with E-state index in [4.69, 9.17) is 5.73 Å². The summed E-state index contributed by atoms with van der Waals surface area (Å²) in [6, 6.07) is -0.120. The summed E-state index contributed by atoms with van der Waals surface area (Å²) in [7, 11) is 1.90. The summed E-state index contributed by atoms with van der Waals surface area (Å²) in [4.78, 5) is 12.5. The van der Waals surface area contributed by atoms with Gasteiger partial charge in [-0.1, -0.05) is 0 Å². The van der Waals surface area contributed by atoms with Crippen molar-refractivity contribution in [3.8, 4) is 0 Å². The Bertz CT molecular complexity index is 124. The number of carbonyl (C=O) groups is 1. The van der Waals surface area contributed by atoms with Gasteiger partial charge in [-0.15, -0.1) is 0 Å². The maximum Gasteiger partial charge on any atom is 0.235 e. The van der Waals surface area contributed by atoms with Crippen LogP contribution < -0.4 is 5.73 Å². The van der Waals surface area contributed by atoms with Crippen molar-refractivity contribution in [2.75, 3.05) is 13.6 Å². The Labute approximate surface area is 54.8 Å². The van der Waals surface area contributed by atoms with Crippen LogP contribution >= 0.6 is 0 Å². The molecule has 1 heterocycles. The minimum atomic E-state index is -0.241. The second kappa shape index (κ2) is 2.35. The first-order valence-corrected chi connectivity index (χ1v) is 3.04. The zero-order chi connectivity index (χ0) is 6.85. The Hall–Kier alpha value is -0.570. The van der Waals surface area contributed by atoms with Gasteiger partial charge in [-0.05, 0) is 26.4 Å². The van der Waals surface area contributed by atoms with Crippen LogP contribution in [0.3, 0.4) is 0 Å². The molecule has 0 aromatic carbocycles. The molecule has 2 N–H and O–H groups in total. The molecule has 1 aliphatic rings. The fourth-order valence-corrected chi connectivity index (χ4v) is 1.09. The van der Waals surface area contributed by atoms with Crippen molar-refractivity contribution < 1.29 is 4.79 Å². The van der Waals surface area contributed by atoms with Gasteiger partial charge < -0.3 is 5.73 Å². The van der Waals surface area contributed by atoms with E-state index >= 15 is 0 Å². The fourth-order valence-electron chi connectivity index (χ4n) is 1.09. The highest BCUT2D eigenvalue weighted by Crippen LogP contribution is 2.11. The SMILES string of the molecule is CN1CC[CH][C@@H]1C(N)=O. The lowest BCUT2D eigenvalue weighted by Crippen LogP contribution is -2.37. The van der Waals surface area contributed by atoms with Gasteiger partial charge >= 0.3 is 0 Å². The third-order valence-electron chi connectivity index (χ3n) is 1.64. The van der Waals surface area contributed by atoms with Crippen LogP contribution in [0.4, 0.5) is 0 Å². The highest BCUT2D eigenvalue weighted by atomic mass is 16.1. The van der Waals surface area contributed by atoms with Crippen LogP contribution in [0.1, 0.15) is 6.42 Å². The van der Waals surface area contributed by atoms with E-state index < -0.39 is 0 Å². The summed E-state index contributed by atoms with van der Waals surface area (Å²) in [6.45, 7) is 0.952. The van der Waals surface area contributed by atoms with Crippen LogP contribution in [0.15, 0.2) is 0 Å². The first kappa shape index (κ1) is 6.55. The van der Waals surface area contributed by atoms with E-state index in [1.165, 1.54) is 0 Å². The highest BCUT2D eigenvalue weighted by Gasteiger charge is 2.25. The summed E-state index contributed by atoms with van der Waals surface area (Å²) in [5.41, 5.74) is 5.08. The molecule has 3 heteroatoms. The number of carbonyl (C=O) groups excluding carboxylic acids is 1. The largest absolute Gasteiger partial charge is 0.368 e. The average molecular weight is 127 g/mol. The molecule has 1 amide bonds. The van der Waals surface area contributed by atoms with E-state index in [-0.39, 0.29) is 11.9 Å². The van der Waals surface area contributed by atoms with Crippen LogP contribution in [0.5, 0.6) is 0 Å². The smallest absolute Gasteiger partial charge is 0.235 e. The number of hydrogen-bond donors (Lipinski definition) is 1. The molecule has 0 aromatic heterocycles. The molecule has 0 saturated carbocycles. The molecule has 51 valence electrons. The lowest BCUT2D eigenvalue weighted by atomic mass is 10.2. The van der Waals surface area contributed by atoms with E-state index in [0.29, 0.717) is 0 Å². The molecule has 0 aromatic rings. The van der Waals surface area contributed by atoms with E-state index in [1.807, 2.05) is 18.4 Å². The third kappa shape index (κ3) is 1.21. The summed E-state index contributed by atoms with van der Waals surface area (Å²) < 4.78 is 0. The maximum atomic E-state index is 10.6. The average Bonchev–Trinajstić information content (AvgIpc) is 2.13. The van der Waals surface area contributed by atoms with Gasteiger partial charge in [0.05, 0.1) is 6.04 Å². The van der Waals surface area contributed by atoms with Gasteiger partial charge in [-0.2, -0.15) is 0 Å². The molecule has 1 rings (SSSR count). The number of amides is 1. The molecule has 0 aliphatic carbocycles. The molecule has 0 spiro atoms. The maximum absolute atomic E-state index is 10.6. The standard InChI is InChI=1S/C6H11N2O/c1-8-4-2-3-5(8)6(7)9/h3,5H,2,4H2,1H3,(H2,7,9)/t5-/m1/s1. The predicted octanol–water partition coefficient (Wildman–Crippen LogP) is -0.620. The van der Waals surface area contributed by atoms with Crippen LogP contribution in [0.25, 0.3) is 0 Å². The molecule has 1 radical (unpaired) electrons. The first-order valence-electron chi connectivity index (χ1n) is 3.04. The Morgan fingerprint density at radius 1 is 1.89 bits per heavy atom. The van der Waals surface area contributed by atoms with Crippen molar-refractivity contribution in [1.82, 2.24) is 4.90 Å². The Kier molecular flexibility index (Phi) is 1.71.